The zero-order chi connectivity index (χ0) is 45.9. The number of carboxylic acids is 2. The summed E-state index contributed by atoms with van der Waals surface area (Å²) in [5.74, 6) is -6.67. The highest BCUT2D eigenvalue weighted by Crippen LogP contribution is 2.30. The Morgan fingerprint density at radius 1 is 0.803 bits per heavy atom. The highest BCUT2D eigenvalue weighted by atomic mass is 16.4. The molecule has 20 nitrogen and oxygen atoms in total. The van der Waals surface area contributed by atoms with E-state index in [9.17, 15) is 58.8 Å². The van der Waals surface area contributed by atoms with E-state index in [0.717, 1.165) is 32.1 Å². The third-order valence-corrected chi connectivity index (χ3v) is 11.3. The molecule has 8 atom stereocenters. The van der Waals surface area contributed by atoms with E-state index in [4.69, 9.17) is 5.11 Å². The molecule has 2 aliphatic rings. The number of carboxylic acid groups (broad SMARTS) is 2. The van der Waals surface area contributed by atoms with Crippen LogP contribution in [-0.2, 0) is 38.4 Å². The molecule has 1 saturated heterocycles. The lowest BCUT2D eigenvalue weighted by atomic mass is 9.83. The Bertz CT molecular complexity index is 1490. The highest BCUT2D eigenvalue weighted by Gasteiger charge is 2.42. The molecule has 0 spiro atoms. The summed E-state index contributed by atoms with van der Waals surface area (Å²) in [6.45, 7) is 7.26. The minimum Gasteiger partial charge on any atom is -0.481 e. The predicted octanol–water partition coefficient (Wildman–Crippen LogP) is -0.381. The van der Waals surface area contributed by atoms with Crippen molar-refractivity contribution in [1.82, 2.24) is 36.8 Å². The second kappa shape index (κ2) is 26.2. The summed E-state index contributed by atoms with van der Waals surface area (Å²) >= 11 is 0. The molecule has 2 rings (SSSR count). The topological polar surface area (TPSA) is 313 Å². The van der Waals surface area contributed by atoms with Crippen LogP contribution in [-0.4, -0.2) is 146 Å². The number of nitrogens with one attached hydrogen (secondary N) is 6. The molecule has 0 bridgehead atoms. The number of hydrogen-bond acceptors (Lipinski definition) is 12. The normalized spacial score (nSPS) is 19.6. The molecule has 1 heterocycles. The molecule has 1 aliphatic heterocycles. The van der Waals surface area contributed by atoms with Gasteiger partial charge in [0.25, 0.3) is 5.91 Å². The minimum absolute atomic E-state index is 0.0593. The van der Waals surface area contributed by atoms with Gasteiger partial charge in [-0.3, -0.25) is 43.7 Å². The molecule has 11 N–H and O–H groups in total. The Hall–Kier alpha value is -4.40. The van der Waals surface area contributed by atoms with Crippen LogP contribution in [0.25, 0.3) is 0 Å². The second-order valence-corrected chi connectivity index (χ2v) is 17.0. The van der Waals surface area contributed by atoms with Gasteiger partial charge in [-0.05, 0) is 63.7 Å². The Balaban J connectivity index is 2.32. The molecule has 61 heavy (non-hydrogen) atoms. The maximum atomic E-state index is 14.1. The van der Waals surface area contributed by atoms with Gasteiger partial charge in [0.2, 0.25) is 29.5 Å². The van der Waals surface area contributed by atoms with Crippen LogP contribution < -0.4 is 31.9 Å². The summed E-state index contributed by atoms with van der Waals surface area (Å²) in [6, 6.07) is -6.09. The van der Waals surface area contributed by atoms with Crippen molar-refractivity contribution in [2.75, 3.05) is 19.7 Å². The first kappa shape index (κ1) is 52.7. The van der Waals surface area contributed by atoms with Crippen LogP contribution in [0.5, 0.6) is 0 Å². The van der Waals surface area contributed by atoms with Crippen molar-refractivity contribution < 1.29 is 63.9 Å². The summed E-state index contributed by atoms with van der Waals surface area (Å²) in [5, 5.41) is 66.3. The van der Waals surface area contributed by atoms with E-state index in [0.29, 0.717) is 25.7 Å². The van der Waals surface area contributed by atoms with Crippen molar-refractivity contribution in [2.24, 2.45) is 11.8 Å². The number of aliphatic hydroxyl groups is 3. The summed E-state index contributed by atoms with van der Waals surface area (Å²) in [5.41, 5.74) is -1.86. The maximum Gasteiger partial charge on any atom is 0.322 e. The van der Waals surface area contributed by atoms with E-state index < -0.39 is 108 Å². The van der Waals surface area contributed by atoms with Crippen LogP contribution in [0.4, 0.5) is 0 Å². The quantitative estimate of drug-likeness (QED) is 0.0469. The average molecular weight is 870 g/mol. The lowest BCUT2D eigenvalue weighted by molar-refractivity contribution is -0.142. The van der Waals surface area contributed by atoms with Crippen molar-refractivity contribution in [3.05, 3.63) is 0 Å². The van der Waals surface area contributed by atoms with Crippen LogP contribution in [0.2, 0.25) is 0 Å². The monoisotopic (exact) mass is 870 g/mol. The molecule has 0 radical (unpaired) electrons. The fourth-order valence-corrected chi connectivity index (χ4v) is 8.36. The van der Waals surface area contributed by atoms with E-state index in [2.05, 4.69) is 31.9 Å². The predicted molar refractivity (Wildman–Crippen MR) is 221 cm³/mol. The lowest BCUT2D eigenvalue weighted by Crippen LogP contribution is -2.66. The highest BCUT2D eigenvalue weighted by molar-refractivity contribution is 5.92. The van der Waals surface area contributed by atoms with Gasteiger partial charge in [0.15, 0.2) is 6.10 Å². The van der Waals surface area contributed by atoms with Crippen molar-refractivity contribution in [3.63, 3.8) is 0 Å². The Morgan fingerprint density at radius 3 is 2.02 bits per heavy atom. The molecular weight excluding hydrogens is 798 g/mol. The molecular formula is C41H71N7O13. The largest absolute Gasteiger partial charge is 0.481 e. The van der Waals surface area contributed by atoms with Crippen LogP contribution in [0.15, 0.2) is 0 Å². The number of likely N-dealkylation sites (tertiary alicyclic amines) is 1. The van der Waals surface area contributed by atoms with E-state index in [1.807, 2.05) is 0 Å². The van der Waals surface area contributed by atoms with Crippen molar-refractivity contribution in [3.8, 4) is 0 Å². The van der Waals surface area contributed by atoms with Crippen molar-refractivity contribution >= 4 is 47.4 Å². The van der Waals surface area contributed by atoms with E-state index in [-0.39, 0.29) is 57.1 Å². The number of aliphatic hydroxyl groups excluding tert-OH is 2. The molecule has 1 saturated carbocycles. The van der Waals surface area contributed by atoms with Gasteiger partial charge in [0, 0.05) is 39.0 Å². The van der Waals surface area contributed by atoms with Gasteiger partial charge in [-0.2, -0.15) is 0 Å². The van der Waals surface area contributed by atoms with E-state index >= 15 is 0 Å². The molecule has 0 aromatic heterocycles. The number of rotatable bonds is 27. The van der Waals surface area contributed by atoms with Gasteiger partial charge in [-0.1, -0.05) is 59.3 Å². The van der Waals surface area contributed by atoms with Crippen LogP contribution in [0.3, 0.4) is 0 Å². The molecule has 1 aliphatic carbocycles. The second-order valence-electron chi connectivity index (χ2n) is 17.0. The first-order valence-corrected chi connectivity index (χ1v) is 21.7. The van der Waals surface area contributed by atoms with Gasteiger partial charge >= 0.3 is 11.9 Å². The Morgan fingerprint density at radius 2 is 1.44 bits per heavy atom. The zero-order valence-electron chi connectivity index (χ0n) is 36.4. The third-order valence-electron chi connectivity index (χ3n) is 11.3. The van der Waals surface area contributed by atoms with Gasteiger partial charge in [0.1, 0.15) is 30.4 Å². The third kappa shape index (κ3) is 18.2. The molecule has 6 amide bonds. The maximum absolute atomic E-state index is 14.1. The molecule has 7 unspecified atom stereocenters. The summed E-state index contributed by atoms with van der Waals surface area (Å²) in [4.78, 5) is 103. The van der Waals surface area contributed by atoms with Crippen molar-refractivity contribution in [1.29, 1.82) is 0 Å². The van der Waals surface area contributed by atoms with Crippen molar-refractivity contribution in [2.45, 2.75) is 179 Å². The number of carbonyl (C=O) groups excluding carboxylic acids is 6. The number of amides is 6. The first-order valence-electron chi connectivity index (χ1n) is 21.7. The number of nitrogens with zero attached hydrogens (tertiary/aromatic N) is 1. The molecule has 20 heteroatoms. The van der Waals surface area contributed by atoms with Crippen LogP contribution in [0, 0.1) is 11.8 Å². The van der Waals surface area contributed by atoms with Crippen LogP contribution >= 0.6 is 0 Å². The minimum atomic E-state index is -1.86. The first-order chi connectivity index (χ1) is 28.7. The molecule has 0 aromatic rings. The number of carbonyl (C=O) groups is 8. The van der Waals surface area contributed by atoms with E-state index in [1.54, 1.807) is 20.8 Å². The summed E-state index contributed by atoms with van der Waals surface area (Å²) < 4.78 is 0. The standard InChI is InChI=1S/C41H71N7O13/c1-6-12-28(35(56)40(60)42-23-34(54)55)44-39(59)31-16-10-19-48(31)32(51)22-27(21-26-13-8-7-9-14-26)47-41(5,61)36(24(2)3)46-38(58)30(17-18-33(52)53)45-37(57)29(15-11-20-49)43-25(4)50/h24,26-31,35-36,47,49,56,61H,6-23H2,1-5H3,(H,42,60)(H,43,50)(H,44,59)(H,45,57)(H,46,58)(H,52,53)(H,54,55)/t27?,28?,29?,30?,31-,35?,36?,41?/m0/s1. The smallest absolute Gasteiger partial charge is 0.322 e. The molecule has 0 aromatic carbocycles. The fraction of sp³-hybridized carbons (Fsp3) is 0.805. The average Bonchev–Trinajstić information content (AvgIpc) is 3.69. The summed E-state index contributed by atoms with van der Waals surface area (Å²) in [7, 11) is 0. The SMILES string of the molecule is CCCC(NC(=O)[C@@H]1CCCN1C(=O)CC(CC1CCCCC1)NC(C)(O)C(NC(=O)C(CCC(=O)O)NC(=O)C(CCCO)NC(C)=O)C(C)C)C(O)C(=O)NCC(=O)O. The zero-order valence-corrected chi connectivity index (χ0v) is 36.4. The van der Waals surface area contributed by atoms with Crippen LogP contribution in [0.1, 0.15) is 131 Å². The Kier molecular flexibility index (Phi) is 22.6. The van der Waals surface area contributed by atoms with Gasteiger partial charge in [-0.25, -0.2) is 0 Å². The fourth-order valence-electron chi connectivity index (χ4n) is 8.36. The van der Waals surface area contributed by atoms with Gasteiger partial charge in [0.05, 0.1) is 12.1 Å². The van der Waals surface area contributed by atoms with E-state index in [1.165, 1.54) is 18.7 Å². The number of hydrogen-bond donors (Lipinski definition) is 11. The lowest BCUT2D eigenvalue weighted by Gasteiger charge is -2.41. The Labute approximate surface area is 358 Å². The van der Waals surface area contributed by atoms with Gasteiger partial charge in [-0.15, -0.1) is 0 Å². The molecule has 2 fully saturated rings. The summed E-state index contributed by atoms with van der Waals surface area (Å²) in [6.07, 6.45) is 4.54. The molecule has 348 valence electrons. The number of aliphatic carboxylic acids is 2. The van der Waals surface area contributed by atoms with Gasteiger partial charge < -0.3 is 57.0 Å².